The first kappa shape index (κ1) is 18.3. The van der Waals surface area contributed by atoms with E-state index in [1.165, 1.54) is 21.1 Å². The van der Waals surface area contributed by atoms with Gasteiger partial charge in [-0.3, -0.25) is 18.9 Å². The van der Waals surface area contributed by atoms with Gasteiger partial charge in [-0.25, -0.2) is 4.98 Å². The van der Waals surface area contributed by atoms with E-state index in [-0.39, 0.29) is 11.5 Å². The molecule has 134 valence electrons. The van der Waals surface area contributed by atoms with E-state index in [2.05, 4.69) is 16.9 Å². The number of rotatable bonds is 5. The van der Waals surface area contributed by atoms with E-state index in [4.69, 9.17) is 12.2 Å². The molecule has 3 heterocycles. The zero-order chi connectivity index (χ0) is 18.8. The second-order valence-electron chi connectivity index (χ2n) is 5.66. The summed E-state index contributed by atoms with van der Waals surface area (Å²) in [6.45, 7) is 8.39. The van der Waals surface area contributed by atoms with Crippen LogP contribution in [-0.4, -0.2) is 37.6 Å². The molecule has 3 rings (SSSR count). The molecule has 2 aromatic rings. The second-order valence-corrected chi connectivity index (χ2v) is 7.34. The number of thioether (sulfide) groups is 1. The third-order valence-electron chi connectivity index (χ3n) is 3.96. The highest BCUT2D eigenvalue weighted by Gasteiger charge is 2.31. The molecule has 0 radical (unpaired) electrons. The van der Waals surface area contributed by atoms with Crippen LogP contribution in [0.4, 0.5) is 5.82 Å². The zero-order valence-corrected chi connectivity index (χ0v) is 16.1. The minimum Gasteiger partial charge on any atom is -0.366 e. The molecule has 0 bridgehead atoms. The summed E-state index contributed by atoms with van der Waals surface area (Å²) in [5, 5.41) is 3.09. The highest BCUT2D eigenvalue weighted by Crippen LogP contribution is 2.32. The Labute approximate surface area is 160 Å². The second kappa shape index (κ2) is 7.43. The van der Waals surface area contributed by atoms with Gasteiger partial charge >= 0.3 is 0 Å². The summed E-state index contributed by atoms with van der Waals surface area (Å²) in [5.41, 5.74) is 1.54. The van der Waals surface area contributed by atoms with Gasteiger partial charge in [0.1, 0.15) is 15.8 Å². The highest BCUT2D eigenvalue weighted by atomic mass is 32.2. The van der Waals surface area contributed by atoms with Crippen molar-refractivity contribution in [3.05, 3.63) is 57.4 Å². The van der Waals surface area contributed by atoms with E-state index in [1.54, 1.807) is 24.4 Å². The monoisotopic (exact) mass is 386 g/mol. The molecule has 1 aliphatic heterocycles. The summed E-state index contributed by atoms with van der Waals surface area (Å²) >= 11 is 6.44. The lowest BCUT2D eigenvalue weighted by atomic mass is 10.2. The van der Waals surface area contributed by atoms with E-state index in [1.807, 2.05) is 19.9 Å². The van der Waals surface area contributed by atoms with Crippen LogP contribution in [0, 0.1) is 6.92 Å². The first-order chi connectivity index (χ1) is 12.5. The Kier molecular flexibility index (Phi) is 5.24. The average molecular weight is 387 g/mol. The molecule has 2 aromatic heterocycles. The minimum atomic E-state index is -0.243. The number of nitrogens with zero attached hydrogens (tertiary/aromatic N) is 3. The Bertz CT molecular complexity index is 1010. The van der Waals surface area contributed by atoms with Crippen LogP contribution in [0.25, 0.3) is 11.7 Å². The molecule has 1 aliphatic rings. The molecule has 6 nitrogen and oxygen atoms in total. The summed E-state index contributed by atoms with van der Waals surface area (Å²) in [6, 6.07) is 3.69. The van der Waals surface area contributed by atoms with Crippen molar-refractivity contribution in [1.82, 2.24) is 14.3 Å². The van der Waals surface area contributed by atoms with E-state index in [9.17, 15) is 9.59 Å². The van der Waals surface area contributed by atoms with Crippen LogP contribution in [-0.2, 0) is 4.79 Å². The van der Waals surface area contributed by atoms with Crippen LogP contribution >= 0.6 is 24.0 Å². The fraction of sp³-hybridized carbons (Fsp3) is 0.222. The van der Waals surface area contributed by atoms with Crippen molar-refractivity contribution in [2.24, 2.45) is 0 Å². The number of aromatic nitrogens is 2. The summed E-state index contributed by atoms with van der Waals surface area (Å²) in [5.74, 6) is 0.233. The summed E-state index contributed by atoms with van der Waals surface area (Å²) in [6.07, 6.45) is 4.93. The number of fused-ring (bicyclic) bond motifs is 1. The Hall–Kier alpha value is -2.45. The van der Waals surface area contributed by atoms with Crippen LogP contribution in [0.15, 0.2) is 40.7 Å². The van der Waals surface area contributed by atoms with Gasteiger partial charge in [0.25, 0.3) is 11.5 Å². The van der Waals surface area contributed by atoms with Gasteiger partial charge in [0.05, 0.1) is 10.5 Å². The van der Waals surface area contributed by atoms with Crippen LogP contribution in [0.3, 0.4) is 0 Å². The lowest BCUT2D eigenvalue weighted by molar-refractivity contribution is -0.121. The lowest BCUT2D eigenvalue weighted by Gasteiger charge is -2.11. The van der Waals surface area contributed by atoms with Crippen molar-refractivity contribution < 1.29 is 4.79 Å². The van der Waals surface area contributed by atoms with Crippen molar-refractivity contribution in [1.29, 1.82) is 0 Å². The number of thiocarbonyl (C=S) groups is 1. The molecule has 0 spiro atoms. The van der Waals surface area contributed by atoms with Gasteiger partial charge in [0, 0.05) is 19.3 Å². The third-order valence-corrected chi connectivity index (χ3v) is 5.34. The molecule has 0 atom stereocenters. The van der Waals surface area contributed by atoms with E-state index in [0.717, 1.165) is 5.56 Å². The molecule has 1 fully saturated rings. The Balaban J connectivity index is 2.21. The molecule has 0 unspecified atom stereocenters. The van der Waals surface area contributed by atoms with Gasteiger partial charge in [-0.05, 0) is 31.6 Å². The van der Waals surface area contributed by atoms with Crippen molar-refractivity contribution in [2.45, 2.75) is 13.8 Å². The normalized spacial score (nSPS) is 15.9. The topological polar surface area (TPSA) is 66.7 Å². The average Bonchev–Trinajstić information content (AvgIpc) is 2.89. The number of amides is 1. The van der Waals surface area contributed by atoms with Crippen LogP contribution < -0.4 is 10.9 Å². The highest BCUT2D eigenvalue weighted by molar-refractivity contribution is 8.26. The predicted octanol–water partition coefficient (Wildman–Crippen LogP) is 2.82. The zero-order valence-electron chi connectivity index (χ0n) is 14.5. The molecular formula is C18H18N4O2S2. The maximum Gasteiger partial charge on any atom is 0.267 e. The number of carbonyl (C=O) groups excluding carboxylic acids is 1. The molecule has 1 N–H and O–H groups in total. The van der Waals surface area contributed by atoms with Crippen LogP contribution in [0.5, 0.6) is 0 Å². The molecule has 1 amide bonds. The third kappa shape index (κ3) is 3.17. The van der Waals surface area contributed by atoms with Crippen LogP contribution in [0.2, 0.25) is 0 Å². The van der Waals surface area contributed by atoms with Gasteiger partial charge in [-0.15, -0.1) is 6.58 Å². The standard InChI is InChI=1S/C18H18N4O2S2/c1-4-8-19-14-12(10-13-17(24)21(5-2)18(25)26-13)16(23)22-9-6-7-11(3)15(22)20-14/h4,6-7,9-10,19H,1,5,8H2,2-3H3. The fourth-order valence-electron chi connectivity index (χ4n) is 2.65. The van der Waals surface area contributed by atoms with Gasteiger partial charge in [-0.1, -0.05) is 36.1 Å². The molecule has 1 saturated heterocycles. The van der Waals surface area contributed by atoms with E-state index in [0.29, 0.717) is 39.3 Å². The maximum atomic E-state index is 13.0. The fourth-order valence-corrected chi connectivity index (χ4v) is 4.02. The van der Waals surface area contributed by atoms with Crippen molar-refractivity contribution in [3.63, 3.8) is 0 Å². The largest absolute Gasteiger partial charge is 0.366 e. The Morgan fingerprint density at radius 1 is 1.42 bits per heavy atom. The summed E-state index contributed by atoms with van der Waals surface area (Å²) < 4.78 is 1.98. The smallest absolute Gasteiger partial charge is 0.267 e. The molecule has 8 heteroatoms. The molecule has 26 heavy (non-hydrogen) atoms. The quantitative estimate of drug-likeness (QED) is 0.484. The minimum absolute atomic E-state index is 0.189. The predicted molar refractivity (Wildman–Crippen MR) is 110 cm³/mol. The van der Waals surface area contributed by atoms with E-state index >= 15 is 0 Å². The molecule has 0 aliphatic carbocycles. The van der Waals surface area contributed by atoms with Gasteiger partial charge in [-0.2, -0.15) is 0 Å². The first-order valence-corrected chi connectivity index (χ1v) is 9.32. The first-order valence-electron chi connectivity index (χ1n) is 8.10. The lowest BCUT2D eigenvalue weighted by Crippen LogP contribution is -2.27. The van der Waals surface area contributed by atoms with Gasteiger partial charge < -0.3 is 5.32 Å². The molecule has 0 aromatic carbocycles. The number of nitrogens with one attached hydrogen (secondary N) is 1. The van der Waals surface area contributed by atoms with Crippen molar-refractivity contribution >= 4 is 51.7 Å². The van der Waals surface area contributed by atoms with Gasteiger partial charge in [0.15, 0.2) is 0 Å². The van der Waals surface area contributed by atoms with Crippen molar-refractivity contribution in [3.8, 4) is 0 Å². The van der Waals surface area contributed by atoms with Crippen molar-refractivity contribution in [2.75, 3.05) is 18.4 Å². The molecular weight excluding hydrogens is 368 g/mol. The Morgan fingerprint density at radius 2 is 2.19 bits per heavy atom. The van der Waals surface area contributed by atoms with Gasteiger partial charge in [0.2, 0.25) is 0 Å². The number of likely N-dealkylation sites (N-methyl/N-ethyl adjacent to an activating group) is 1. The number of carbonyl (C=O) groups is 1. The number of hydrogen-bond acceptors (Lipinski definition) is 6. The summed E-state index contributed by atoms with van der Waals surface area (Å²) in [7, 11) is 0. The number of hydrogen-bond donors (Lipinski definition) is 1. The number of anilines is 1. The Morgan fingerprint density at radius 3 is 2.85 bits per heavy atom. The van der Waals surface area contributed by atoms with E-state index < -0.39 is 0 Å². The van der Waals surface area contributed by atoms with Crippen LogP contribution in [0.1, 0.15) is 18.1 Å². The maximum absolute atomic E-state index is 13.0. The molecule has 0 saturated carbocycles. The number of pyridine rings is 1. The summed E-state index contributed by atoms with van der Waals surface area (Å²) in [4.78, 5) is 32.1. The SMILES string of the molecule is C=CCNc1nc2c(C)cccn2c(=O)c1C=C1SC(=S)N(CC)C1=O. The number of aryl methyl sites for hydroxylation is 1.